The number of hydrogen-bond donors (Lipinski definition) is 0. The Labute approximate surface area is 117 Å². The molecule has 0 aromatic heterocycles. The molecule has 0 spiro atoms. The van der Waals surface area contributed by atoms with Crippen molar-refractivity contribution in [1.82, 2.24) is 4.90 Å². The maximum Gasteiger partial charge on any atom is 0.253 e. The van der Waals surface area contributed by atoms with E-state index in [9.17, 15) is 4.79 Å². The van der Waals surface area contributed by atoms with Crippen molar-refractivity contribution in [3.05, 3.63) is 35.4 Å². The summed E-state index contributed by atoms with van der Waals surface area (Å²) in [6, 6.07) is 8.04. The molecule has 0 N–H and O–H groups in total. The second kappa shape index (κ2) is 8.73. The highest BCUT2D eigenvalue weighted by atomic mass is 16.2. The van der Waals surface area contributed by atoms with Crippen LogP contribution in [0.3, 0.4) is 0 Å². The van der Waals surface area contributed by atoms with Gasteiger partial charge in [-0.25, -0.2) is 0 Å². The molecule has 0 unspecified atom stereocenters. The lowest BCUT2D eigenvalue weighted by atomic mass is 10.1. The minimum Gasteiger partial charge on any atom is -0.339 e. The van der Waals surface area contributed by atoms with Crippen molar-refractivity contribution >= 4 is 5.91 Å². The van der Waals surface area contributed by atoms with E-state index in [0.717, 1.165) is 37.9 Å². The Morgan fingerprint density at radius 3 is 2.47 bits per heavy atom. The molecule has 0 saturated carbocycles. The predicted octanol–water partition coefficient (Wildman–Crippen LogP) is 4.29. The van der Waals surface area contributed by atoms with Crippen LogP contribution in [0.5, 0.6) is 0 Å². The van der Waals surface area contributed by atoms with Gasteiger partial charge in [-0.15, -0.1) is 0 Å². The van der Waals surface area contributed by atoms with Crippen molar-refractivity contribution < 1.29 is 4.79 Å². The highest BCUT2D eigenvalue weighted by molar-refractivity contribution is 5.94. The van der Waals surface area contributed by atoms with Crippen LogP contribution in [0.1, 0.15) is 62.4 Å². The zero-order valence-electron chi connectivity index (χ0n) is 12.6. The fourth-order valence-electron chi connectivity index (χ4n) is 2.24. The highest BCUT2D eigenvalue weighted by Gasteiger charge is 2.14. The van der Waals surface area contributed by atoms with Gasteiger partial charge in [0.1, 0.15) is 0 Å². The van der Waals surface area contributed by atoms with Crippen LogP contribution < -0.4 is 0 Å². The third kappa shape index (κ3) is 5.06. The number of unbranched alkanes of at least 4 members (excludes halogenated alkanes) is 2. The Balaban J connectivity index is 2.73. The third-order valence-electron chi connectivity index (χ3n) is 3.39. The van der Waals surface area contributed by atoms with Gasteiger partial charge in [0.25, 0.3) is 5.91 Å². The molecule has 2 nitrogen and oxygen atoms in total. The Bertz CT molecular complexity index is 387. The maximum atomic E-state index is 12.5. The second-order valence-corrected chi connectivity index (χ2v) is 5.05. The summed E-state index contributed by atoms with van der Waals surface area (Å²) in [6.07, 6.45) is 5.49. The van der Waals surface area contributed by atoms with Crippen LogP contribution in [0, 0.1) is 0 Å². The monoisotopic (exact) mass is 261 g/mol. The van der Waals surface area contributed by atoms with Gasteiger partial charge in [0.2, 0.25) is 0 Å². The summed E-state index contributed by atoms with van der Waals surface area (Å²) in [4.78, 5) is 14.5. The van der Waals surface area contributed by atoms with E-state index >= 15 is 0 Å². The highest BCUT2D eigenvalue weighted by Crippen LogP contribution is 2.11. The second-order valence-electron chi connectivity index (χ2n) is 5.05. The number of carbonyl (C=O) groups is 1. The van der Waals surface area contributed by atoms with Gasteiger partial charge in [0.05, 0.1) is 0 Å². The number of carbonyl (C=O) groups excluding carboxylic acids is 1. The number of nitrogens with zero attached hydrogens (tertiary/aromatic N) is 1. The molecule has 1 aromatic carbocycles. The van der Waals surface area contributed by atoms with Crippen molar-refractivity contribution in [2.24, 2.45) is 0 Å². The summed E-state index contributed by atoms with van der Waals surface area (Å²) >= 11 is 0. The molecule has 0 aliphatic heterocycles. The molecule has 0 heterocycles. The molecule has 1 rings (SSSR count). The Morgan fingerprint density at radius 2 is 1.84 bits per heavy atom. The number of rotatable bonds is 8. The van der Waals surface area contributed by atoms with Crippen molar-refractivity contribution in [2.45, 2.75) is 52.9 Å². The van der Waals surface area contributed by atoms with Gasteiger partial charge in [-0.1, -0.05) is 45.7 Å². The number of hydrogen-bond acceptors (Lipinski definition) is 1. The molecule has 0 fully saturated rings. The summed E-state index contributed by atoms with van der Waals surface area (Å²) in [5.74, 6) is 0.188. The lowest BCUT2D eigenvalue weighted by molar-refractivity contribution is 0.0752. The lowest BCUT2D eigenvalue weighted by Crippen LogP contribution is -2.32. The Kier molecular flexibility index (Phi) is 7.24. The predicted molar refractivity (Wildman–Crippen MR) is 81.5 cm³/mol. The van der Waals surface area contributed by atoms with Crippen LogP contribution in [-0.2, 0) is 6.42 Å². The fraction of sp³-hybridized carbons (Fsp3) is 0.588. The zero-order valence-corrected chi connectivity index (χ0v) is 12.6. The first kappa shape index (κ1) is 15.7. The average Bonchev–Trinajstić information content (AvgIpc) is 2.46. The van der Waals surface area contributed by atoms with Gasteiger partial charge in [-0.3, -0.25) is 4.79 Å². The van der Waals surface area contributed by atoms with Gasteiger partial charge < -0.3 is 4.90 Å². The average molecular weight is 261 g/mol. The fourth-order valence-corrected chi connectivity index (χ4v) is 2.24. The van der Waals surface area contributed by atoms with Gasteiger partial charge in [-0.05, 0) is 37.0 Å². The number of amides is 1. The quantitative estimate of drug-likeness (QED) is 0.639. The van der Waals surface area contributed by atoms with Crippen molar-refractivity contribution in [3.8, 4) is 0 Å². The minimum atomic E-state index is 0.188. The van der Waals surface area contributed by atoms with Crippen LogP contribution in [0.2, 0.25) is 0 Å². The molecule has 1 amide bonds. The summed E-state index contributed by atoms with van der Waals surface area (Å²) in [6.45, 7) is 8.18. The summed E-state index contributed by atoms with van der Waals surface area (Å²) in [5, 5.41) is 0. The molecular weight excluding hydrogens is 234 g/mol. The van der Waals surface area contributed by atoms with Crippen LogP contribution in [0.15, 0.2) is 24.3 Å². The molecule has 0 saturated heterocycles. The van der Waals surface area contributed by atoms with Crippen molar-refractivity contribution in [1.29, 1.82) is 0 Å². The van der Waals surface area contributed by atoms with Gasteiger partial charge in [-0.2, -0.15) is 0 Å². The van der Waals surface area contributed by atoms with Crippen LogP contribution in [-0.4, -0.2) is 23.9 Å². The van der Waals surface area contributed by atoms with Gasteiger partial charge in [0.15, 0.2) is 0 Å². The van der Waals surface area contributed by atoms with E-state index in [0.29, 0.717) is 0 Å². The lowest BCUT2D eigenvalue weighted by Gasteiger charge is -2.22. The first-order chi connectivity index (χ1) is 9.22. The Hall–Kier alpha value is -1.31. The van der Waals surface area contributed by atoms with Crippen LogP contribution >= 0.6 is 0 Å². The van der Waals surface area contributed by atoms with E-state index in [1.54, 1.807) is 0 Å². The number of benzene rings is 1. The van der Waals surface area contributed by atoms with Gasteiger partial charge in [0, 0.05) is 18.7 Å². The van der Waals surface area contributed by atoms with E-state index in [4.69, 9.17) is 0 Å². The smallest absolute Gasteiger partial charge is 0.253 e. The minimum absolute atomic E-state index is 0.188. The molecule has 19 heavy (non-hydrogen) atoms. The molecule has 2 heteroatoms. The van der Waals surface area contributed by atoms with Crippen molar-refractivity contribution in [3.63, 3.8) is 0 Å². The maximum absolute atomic E-state index is 12.5. The van der Waals surface area contributed by atoms with Crippen LogP contribution in [0.25, 0.3) is 0 Å². The molecule has 0 aliphatic rings. The van der Waals surface area contributed by atoms with E-state index in [1.807, 2.05) is 23.1 Å². The molecule has 0 bridgehead atoms. The van der Waals surface area contributed by atoms with Crippen LogP contribution in [0.4, 0.5) is 0 Å². The molecule has 0 aliphatic carbocycles. The SMILES string of the molecule is CCCCCN(CCC)C(=O)c1cccc(CC)c1. The molecule has 0 radical (unpaired) electrons. The third-order valence-corrected chi connectivity index (χ3v) is 3.39. The standard InChI is InChI=1S/C17H27NO/c1-4-7-8-13-18(12-5-2)17(19)16-11-9-10-15(6-3)14-16/h9-11,14H,4-8,12-13H2,1-3H3. The molecular formula is C17H27NO. The largest absolute Gasteiger partial charge is 0.339 e. The van der Waals surface area contributed by atoms with E-state index < -0.39 is 0 Å². The van der Waals surface area contributed by atoms with E-state index in [-0.39, 0.29) is 5.91 Å². The summed E-state index contributed by atoms with van der Waals surface area (Å²) in [5.41, 5.74) is 2.07. The molecule has 1 aromatic rings. The normalized spacial score (nSPS) is 10.5. The first-order valence-electron chi connectivity index (χ1n) is 7.61. The van der Waals surface area contributed by atoms with Crippen molar-refractivity contribution in [2.75, 3.05) is 13.1 Å². The van der Waals surface area contributed by atoms with E-state index in [2.05, 4.69) is 26.8 Å². The molecule has 106 valence electrons. The number of aryl methyl sites for hydroxylation is 1. The topological polar surface area (TPSA) is 20.3 Å². The molecule has 0 atom stereocenters. The zero-order chi connectivity index (χ0) is 14.1. The van der Waals surface area contributed by atoms with Gasteiger partial charge >= 0.3 is 0 Å². The van der Waals surface area contributed by atoms with E-state index in [1.165, 1.54) is 18.4 Å². The first-order valence-corrected chi connectivity index (χ1v) is 7.61. The summed E-state index contributed by atoms with van der Waals surface area (Å²) in [7, 11) is 0. The summed E-state index contributed by atoms with van der Waals surface area (Å²) < 4.78 is 0. The Morgan fingerprint density at radius 1 is 1.05 bits per heavy atom.